The standard InChI is InChI=1S/C18H24O3/c1-18-7-6-12-11-3-2-10(19)8-14(11)16(20)9-13(12)15(18)4-5-17(18)21/h8,11-13,15-16,20H,2-7,9H2,1H3/t11-,12-,13?,15+,16-,18?/m1/s1. The van der Waals surface area contributed by atoms with E-state index < -0.39 is 6.10 Å². The summed E-state index contributed by atoms with van der Waals surface area (Å²) >= 11 is 0. The van der Waals surface area contributed by atoms with Crippen LogP contribution in [0, 0.1) is 29.1 Å². The molecule has 21 heavy (non-hydrogen) atoms. The van der Waals surface area contributed by atoms with Crippen molar-refractivity contribution >= 4 is 11.6 Å². The molecule has 0 aromatic rings. The fraction of sp³-hybridized carbons (Fsp3) is 0.778. The average molecular weight is 288 g/mol. The highest BCUT2D eigenvalue weighted by atomic mass is 16.3. The normalized spacial score (nSPS) is 49.2. The van der Waals surface area contributed by atoms with Gasteiger partial charge in [0, 0.05) is 18.3 Å². The van der Waals surface area contributed by atoms with Gasteiger partial charge in [0.1, 0.15) is 5.78 Å². The number of hydrogen-bond acceptors (Lipinski definition) is 3. The molecular weight excluding hydrogens is 264 g/mol. The predicted molar refractivity (Wildman–Crippen MR) is 78.5 cm³/mol. The van der Waals surface area contributed by atoms with E-state index >= 15 is 0 Å². The number of aliphatic hydroxyl groups is 1. The average Bonchev–Trinajstić information content (AvgIpc) is 2.76. The topological polar surface area (TPSA) is 54.4 Å². The van der Waals surface area contributed by atoms with Crippen LogP contribution >= 0.6 is 0 Å². The molecule has 114 valence electrons. The Bertz CT molecular complexity index is 535. The van der Waals surface area contributed by atoms with Crippen molar-refractivity contribution < 1.29 is 14.7 Å². The summed E-state index contributed by atoms with van der Waals surface area (Å²) in [5.41, 5.74) is 0.868. The molecule has 0 saturated heterocycles. The third kappa shape index (κ3) is 1.82. The highest BCUT2D eigenvalue weighted by molar-refractivity contribution is 5.91. The molecule has 0 aliphatic heterocycles. The molecule has 0 aromatic carbocycles. The zero-order valence-electron chi connectivity index (χ0n) is 12.7. The van der Waals surface area contributed by atoms with Crippen LogP contribution in [-0.4, -0.2) is 22.8 Å². The second-order valence-electron chi connectivity index (χ2n) is 7.86. The molecule has 3 fully saturated rings. The maximum Gasteiger partial charge on any atom is 0.155 e. The summed E-state index contributed by atoms with van der Waals surface area (Å²) in [7, 11) is 0. The van der Waals surface area contributed by atoms with Crippen LogP contribution in [0.1, 0.15) is 51.9 Å². The Labute approximate surface area is 125 Å². The number of aliphatic hydroxyl groups excluding tert-OH is 1. The maximum absolute atomic E-state index is 12.3. The lowest BCUT2D eigenvalue weighted by molar-refractivity contribution is -0.132. The van der Waals surface area contributed by atoms with Crippen molar-refractivity contribution in [3.63, 3.8) is 0 Å². The molecule has 4 aliphatic rings. The van der Waals surface area contributed by atoms with E-state index in [1.54, 1.807) is 6.08 Å². The number of Topliss-reactive ketones (excluding diaryl/α,β-unsaturated/α-hetero) is 1. The van der Waals surface area contributed by atoms with Gasteiger partial charge in [-0.2, -0.15) is 0 Å². The first-order valence-electron chi connectivity index (χ1n) is 8.46. The third-order valence-electron chi connectivity index (χ3n) is 7.06. The third-order valence-corrected chi connectivity index (χ3v) is 7.06. The lowest BCUT2D eigenvalue weighted by Gasteiger charge is -2.53. The van der Waals surface area contributed by atoms with Crippen LogP contribution in [0.5, 0.6) is 0 Å². The number of carbonyl (C=O) groups is 2. The summed E-state index contributed by atoms with van der Waals surface area (Å²) < 4.78 is 0. The molecule has 4 aliphatic carbocycles. The van der Waals surface area contributed by atoms with Crippen LogP contribution in [0.15, 0.2) is 11.6 Å². The lowest BCUT2D eigenvalue weighted by Crippen LogP contribution is -2.49. The van der Waals surface area contributed by atoms with Crippen LogP contribution in [0.4, 0.5) is 0 Å². The summed E-state index contributed by atoms with van der Waals surface area (Å²) in [5, 5.41) is 10.5. The first-order chi connectivity index (χ1) is 10.0. The highest BCUT2D eigenvalue weighted by Crippen LogP contribution is 2.60. The van der Waals surface area contributed by atoms with E-state index in [1.165, 1.54) is 0 Å². The maximum atomic E-state index is 12.3. The smallest absolute Gasteiger partial charge is 0.155 e. The van der Waals surface area contributed by atoms with E-state index in [4.69, 9.17) is 0 Å². The van der Waals surface area contributed by atoms with Gasteiger partial charge in [0.05, 0.1) is 6.10 Å². The minimum Gasteiger partial charge on any atom is -0.389 e. The Morgan fingerprint density at radius 1 is 1.14 bits per heavy atom. The van der Waals surface area contributed by atoms with Crippen LogP contribution in [-0.2, 0) is 9.59 Å². The first kappa shape index (κ1) is 13.7. The van der Waals surface area contributed by atoms with Crippen molar-refractivity contribution in [2.45, 2.75) is 58.0 Å². The van der Waals surface area contributed by atoms with Gasteiger partial charge in [-0.25, -0.2) is 0 Å². The van der Waals surface area contributed by atoms with Crippen molar-refractivity contribution in [1.82, 2.24) is 0 Å². The molecule has 3 nitrogen and oxygen atoms in total. The molecular formula is C18H24O3. The van der Waals surface area contributed by atoms with E-state index in [9.17, 15) is 14.7 Å². The summed E-state index contributed by atoms with van der Waals surface area (Å²) in [5.74, 6) is 2.52. The largest absolute Gasteiger partial charge is 0.389 e. The fourth-order valence-corrected chi connectivity index (χ4v) is 5.95. The Hall–Kier alpha value is -0.960. The summed E-state index contributed by atoms with van der Waals surface area (Å²) in [6.45, 7) is 2.16. The van der Waals surface area contributed by atoms with E-state index in [0.717, 1.165) is 44.1 Å². The molecule has 0 heterocycles. The minimum atomic E-state index is -0.460. The quantitative estimate of drug-likeness (QED) is 0.745. The van der Waals surface area contributed by atoms with Crippen LogP contribution in [0.25, 0.3) is 0 Å². The van der Waals surface area contributed by atoms with Gasteiger partial charge in [0.15, 0.2) is 5.78 Å². The Balaban J connectivity index is 1.68. The number of fused-ring (bicyclic) bond motifs is 5. The fourth-order valence-electron chi connectivity index (χ4n) is 5.95. The van der Waals surface area contributed by atoms with Gasteiger partial charge in [0.25, 0.3) is 0 Å². The van der Waals surface area contributed by atoms with E-state index in [-0.39, 0.29) is 11.2 Å². The molecule has 2 unspecified atom stereocenters. The van der Waals surface area contributed by atoms with E-state index in [2.05, 4.69) is 6.92 Å². The molecule has 0 bridgehead atoms. The van der Waals surface area contributed by atoms with Gasteiger partial charge in [-0.1, -0.05) is 6.92 Å². The second-order valence-corrected chi connectivity index (χ2v) is 7.86. The Morgan fingerprint density at radius 2 is 1.95 bits per heavy atom. The van der Waals surface area contributed by atoms with Gasteiger partial charge in [-0.05, 0) is 67.4 Å². The molecule has 3 saturated carbocycles. The highest BCUT2D eigenvalue weighted by Gasteiger charge is 2.57. The molecule has 0 spiro atoms. The lowest BCUT2D eigenvalue weighted by atomic mass is 9.52. The summed E-state index contributed by atoms with van der Waals surface area (Å²) in [4.78, 5) is 24.0. The Morgan fingerprint density at radius 3 is 2.76 bits per heavy atom. The molecule has 0 aromatic heterocycles. The molecule has 1 N–H and O–H groups in total. The first-order valence-corrected chi connectivity index (χ1v) is 8.46. The molecule has 6 atom stereocenters. The zero-order chi connectivity index (χ0) is 14.8. The van der Waals surface area contributed by atoms with Crippen molar-refractivity contribution in [2.75, 3.05) is 0 Å². The van der Waals surface area contributed by atoms with Crippen LogP contribution in [0.3, 0.4) is 0 Å². The van der Waals surface area contributed by atoms with Crippen LogP contribution < -0.4 is 0 Å². The predicted octanol–water partition coefficient (Wildman–Crippen LogP) is 2.67. The second kappa shape index (κ2) is 4.52. The number of hydrogen-bond donors (Lipinski definition) is 1. The number of rotatable bonds is 0. The van der Waals surface area contributed by atoms with Crippen molar-refractivity contribution in [3.8, 4) is 0 Å². The van der Waals surface area contributed by atoms with E-state index in [1.807, 2.05) is 0 Å². The van der Waals surface area contributed by atoms with E-state index in [0.29, 0.717) is 35.9 Å². The number of carbonyl (C=O) groups excluding carboxylic acids is 2. The molecule has 4 rings (SSSR count). The summed E-state index contributed by atoms with van der Waals surface area (Å²) in [6, 6.07) is 0. The van der Waals surface area contributed by atoms with Gasteiger partial charge < -0.3 is 5.11 Å². The van der Waals surface area contributed by atoms with Crippen LogP contribution in [0.2, 0.25) is 0 Å². The van der Waals surface area contributed by atoms with Gasteiger partial charge in [-0.3, -0.25) is 9.59 Å². The zero-order valence-corrected chi connectivity index (χ0v) is 12.7. The van der Waals surface area contributed by atoms with Crippen molar-refractivity contribution in [1.29, 1.82) is 0 Å². The number of ketones is 2. The Kier molecular flexibility index (Phi) is 2.94. The van der Waals surface area contributed by atoms with Crippen molar-refractivity contribution in [3.05, 3.63) is 11.6 Å². The molecule has 3 heteroatoms. The van der Waals surface area contributed by atoms with Gasteiger partial charge >= 0.3 is 0 Å². The van der Waals surface area contributed by atoms with Gasteiger partial charge in [-0.15, -0.1) is 0 Å². The summed E-state index contributed by atoms with van der Waals surface area (Å²) in [6.07, 6.45) is 7.39. The molecule has 0 radical (unpaired) electrons. The monoisotopic (exact) mass is 288 g/mol. The minimum absolute atomic E-state index is 0.132. The SMILES string of the molecule is CC12CC[C@H]3C(C[C@@H](O)C4=CC(=O)CC[C@@H]43)[C@@H]1CCC2=O. The van der Waals surface area contributed by atoms with Gasteiger partial charge in [0.2, 0.25) is 0 Å². The van der Waals surface area contributed by atoms with Crippen molar-refractivity contribution in [2.24, 2.45) is 29.1 Å². The molecule has 0 amide bonds.